The van der Waals surface area contributed by atoms with Gasteiger partial charge in [-0.2, -0.15) is 0 Å². The quantitative estimate of drug-likeness (QED) is 0.509. The molecule has 0 aliphatic heterocycles. The van der Waals surface area contributed by atoms with Crippen LogP contribution in [0.5, 0.6) is 0 Å². The molecule has 18 heavy (non-hydrogen) atoms. The van der Waals surface area contributed by atoms with E-state index in [0.29, 0.717) is 6.61 Å². The molecular weight excluding hydrogens is 226 g/mol. The Morgan fingerprint density at radius 3 is 2.72 bits per heavy atom. The van der Waals surface area contributed by atoms with Crippen LogP contribution in [-0.2, 0) is 9.47 Å². The molecule has 1 rings (SSSR count). The fourth-order valence-corrected chi connectivity index (χ4v) is 2.92. The van der Waals surface area contributed by atoms with E-state index in [0.717, 1.165) is 31.7 Å². The van der Waals surface area contributed by atoms with E-state index in [-0.39, 0.29) is 0 Å². The Bertz CT molecular complexity index is 187. The number of nitrogens with one attached hydrogen (secondary N) is 1. The molecule has 0 aromatic rings. The highest BCUT2D eigenvalue weighted by atomic mass is 16.5. The highest BCUT2D eigenvalue weighted by Gasteiger charge is 2.18. The summed E-state index contributed by atoms with van der Waals surface area (Å²) in [6, 6.07) is 0.761. The average molecular weight is 257 g/mol. The molecule has 0 aromatic carbocycles. The van der Waals surface area contributed by atoms with Crippen molar-refractivity contribution in [2.45, 2.75) is 57.9 Å². The third kappa shape index (κ3) is 7.34. The van der Waals surface area contributed by atoms with Crippen LogP contribution in [0, 0.1) is 5.92 Å². The monoisotopic (exact) mass is 257 g/mol. The van der Waals surface area contributed by atoms with E-state index < -0.39 is 0 Å². The third-order valence-electron chi connectivity index (χ3n) is 3.86. The average Bonchev–Trinajstić information content (AvgIpc) is 2.59. The van der Waals surface area contributed by atoms with E-state index in [4.69, 9.17) is 9.47 Å². The van der Waals surface area contributed by atoms with E-state index in [9.17, 15) is 0 Å². The van der Waals surface area contributed by atoms with Crippen molar-refractivity contribution in [3.63, 3.8) is 0 Å². The Morgan fingerprint density at radius 2 is 1.94 bits per heavy atom. The van der Waals surface area contributed by atoms with Crippen molar-refractivity contribution in [1.82, 2.24) is 5.32 Å². The smallest absolute Gasteiger partial charge is 0.0700 e. The van der Waals surface area contributed by atoms with Gasteiger partial charge in [-0.25, -0.2) is 0 Å². The van der Waals surface area contributed by atoms with Crippen molar-refractivity contribution < 1.29 is 9.47 Å². The van der Waals surface area contributed by atoms with Crippen LogP contribution in [-0.4, -0.2) is 39.5 Å². The zero-order valence-electron chi connectivity index (χ0n) is 12.2. The molecule has 108 valence electrons. The first kappa shape index (κ1) is 15.9. The van der Waals surface area contributed by atoms with E-state index in [1.165, 1.54) is 44.9 Å². The fourth-order valence-electron chi connectivity index (χ4n) is 2.92. The minimum atomic E-state index is 0.714. The normalized spacial score (nSPS) is 25.0. The Hall–Kier alpha value is -0.120. The van der Waals surface area contributed by atoms with Crippen LogP contribution in [0.3, 0.4) is 0 Å². The van der Waals surface area contributed by atoms with Crippen molar-refractivity contribution >= 4 is 0 Å². The summed E-state index contributed by atoms with van der Waals surface area (Å²) in [5.41, 5.74) is 0. The van der Waals surface area contributed by atoms with Gasteiger partial charge in [-0.1, -0.05) is 26.2 Å². The number of methoxy groups -OCH3 is 1. The molecule has 0 radical (unpaired) electrons. The van der Waals surface area contributed by atoms with Gasteiger partial charge >= 0.3 is 0 Å². The number of ether oxygens (including phenoxy) is 2. The Morgan fingerprint density at radius 1 is 1.11 bits per heavy atom. The molecular formula is C15H31NO2. The lowest BCUT2D eigenvalue weighted by Gasteiger charge is -2.20. The van der Waals surface area contributed by atoms with Gasteiger partial charge in [0.1, 0.15) is 0 Å². The lowest BCUT2D eigenvalue weighted by atomic mass is 9.93. The minimum absolute atomic E-state index is 0.714. The second-order valence-corrected chi connectivity index (χ2v) is 5.39. The Balaban J connectivity index is 2.07. The van der Waals surface area contributed by atoms with Gasteiger partial charge in [-0.15, -0.1) is 0 Å². The number of hydrogen-bond donors (Lipinski definition) is 1. The molecule has 1 aliphatic rings. The molecule has 0 aromatic heterocycles. The van der Waals surface area contributed by atoms with E-state index >= 15 is 0 Å². The van der Waals surface area contributed by atoms with Crippen LogP contribution in [0.2, 0.25) is 0 Å². The SMILES string of the molecule is CCNC1CCCCC(CCCOCCOC)C1. The van der Waals surface area contributed by atoms with Gasteiger partial charge in [-0.05, 0) is 38.1 Å². The second-order valence-electron chi connectivity index (χ2n) is 5.39. The van der Waals surface area contributed by atoms with Gasteiger partial charge in [0, 0.05) is 19.8 Å². The first-order chi connectivity index (χ1) is 8.86. The van der Waals surface area contributed by atoms with Crippen LogP contribution in [0.4, 0.5) is 0 Å². The summed E-state index contributed by atoms with van der Waals surface area (Å²) in [5, 5.41) is 3.62. The molecule has 0 spiro atoms. The molecule has 2 atom stereocenters. The maximum atomic E-state index is 5.53. The van der Waals surface area contributed by atoms with Gasteiger partial charge in [-0.3, -0.25) is 0 Å². The molecule has 1 fully saturated rings. The molecule has 3 heteroatoms. The van der Waals surface area contributed by atoms with E-state index in [1.54, 1.807) is 7.11 Å². The highest BCUT2D eigenvalue weighted by Crippen LogP contribution is 2.26. The lowest BCUT2D eigenvalue weighted by Crippen LogP contribution is -2.29. The van der Waals surface area contributed by atoms with Crippen molar-refractivity contribution in [3.05, 3.63) is 0 Å². The topological polar surface area (TPSA) is 30.5 Å². The van der Waals surface area contributed by atoms with Crippen LogP contribution < -0.4 is 5.32 Å². The van der Waals surface area contributed by atoms with Gasteiger partial charge in [0.2, 0.25) is 0 Å². The largest absolute Gasteiger partial charge is 0.382 e. The Kier molecular flexibility index (Phi) is 9.54. The summed E-state index contributed by atoms with van der Waals surface area (Å²) >= 11 is 0. The summed E-state index contributed by atoms with van der Waals surface area (Å²) in [4.78, 5) is 0. The highest BCUT2D eigenvalue weighted by molar-refractivity contribution is 4.75. The first-order valence-corrected chi connectivity index (χ1v) is 7.66. The predicted octanol–water partition coefficient (Wildman–Crippen LogP) is 2.99. The minimum Gasteiger partial charge on any atom is -0.382 e. The lowest BCUT2D eigenvalue weighted by molar-refractivity contribution is 0.0668. The van der Waals surface area contributed by atoms with Crippen molar-refractivity contribution in [2.24, 2.45) is 5.92 Å². The summed E-state index contributed by atoms with van der Waals surface area (Å²) in [7, 11) is 1.72. The van der Waals surface area contributed by atoms with Crippen LogP contribution >= 0.6 is 0 Å². The van der Waals surface area contributed by atoms with Crippen molar-refractivity contribution in [1.29, 1.82) is 0 Å². The summed E-state index contributed by atoms with van der Waals surface area (Å²) in [5.74, 6) is 0.905. The van der Waals surface area contributed by atoms with Crippen LogP contribution in [0.25, 0.3) is 0 Å². The van der Waals surface area contributed by atoms with Crippen LogP contribution in [0.1, 0.15) is 51.9 Å². The van der Waals surface area contributed by atoms with E-state index in [1.807, 2.05) is 0 Å². The third-order valence-corrected chi connectivity index (χ3v) is 3.86. The molecule has 1 saturated carbocycles. The summed E-state index contributed by atoms with van der Waals surface area (Å²) in [6.07, 6.45) is 9.50. The maximum Gasteiger partial charge on any atom is 0.0700 e. The predicted molar refractivity (Wildman–Crippen MR) is 76.0 cm³/mol. The Labute approximate surface area is 113 Å². The van der Waals surface area contributed by atoms with Crippen molar-refractivity contribution in [3.8, 4) is 0 Å². The summed E-state index contributed by atoms with van der Waals surface area (Å²) in [6.45, 7) is 5.67. The van der Waals surface area contributed by atoms with Crippen molar-refractivity contribution in [2.75, 3.05) is 33.5 Å². The maximum absolute atomic E-state index is 5.53. The zero-order valence-corrected chi connectivity index (χ0v) is 12.2. The molecule has 1 N–H and O–H groups in total. The van der Waals surface area contributed by atoms with Gasteiger partial charge in [0.15, 0.2) is 0 Å². The molecule has 0 bridgehead atoms. The zero-order chi connectivity index (χ0) is 13.1. The summed E-state index contributed by atoms with van der Waals surface area (Å²) < 4.78 is 10.5. The number of hydrogen-bond acceptors (Lipinski definition) is 3. The number of rotatable bonds is 9. The van der Waals surface area contributed by atoms with Crippen LogP contribution in [0.15, 0.2) is 0 Å². The van der Waals surface area contributed by atoms with Gasteiger partial charge < -0.3 is 14.8 Å². The van der Waals surface area contributed by atoms with Gasteiger partial charge in [0.25, 0.3) is 0 Å². The van der Waals surface area contributed by atoms with Gasteiger partial charge in [0.05, 0.1) is 13.2 Å². The second kappa shape index (κ2) is 10.8. The molecule has 1 aliphatic carbocycles. The fraction of sp³-hybridized carbons (Fsp3) is 1.00. The van der Waals surface area contributed by atoms with E-state index in [2.05, 4.69) is 12.2 Å². The standard InChI is InChI=1S/C15H31NO2/c1-3-16-15-9-5-4-7-14(13-15)8-6-10-18-12-11-17-2/h14-16H,3-13H2,1-2H3. The molecule has 2 unspecified atom stereocenters. The molecule has 0 amide bonds. The molecule has 0 heterocycles. The molecule has 3 nitrogen and oxygen atoms in total. The first-order valence-electron chi connectivity index (χ1n) is 7.66. The molecule has 0 saturated heterocycles.